The second-order valence-electron chi connectivity index (χ2n) is 1.11. The SMILES string of the molecule is C.C=C(Cl)Cl.C=COC(C)=O. The van der Waals surface area contributed by atoms with Crippen LogP contribution in [0.15, 0.2) is 23.9 Å². The Morgan fingerprint density at radius 2 is 1.82 bits per heavy atom. The number of ether oxygens (including phenoxy) is 1. The molecule has 0 N–H and O–H groups in total. The van der Waals surface area contributed by atoms with E-state index in [0.717, 1.165) is 6.26 Å². The van der Waals surface area contributed by atoms with Gasteiger partial charge in [0.05, 0.1) is 10.8 Å². The summed E-state index contributed by atoms with van der Waals surface area (Å²) in [6.07, 6.45) is 1.10. The Balaban J connectivity index is -0.000000114. The summed E-state index contributed by atoms with van der Waals surface area (Å²) in [6, 6.07) is 0. The van der Waals surface area contributed by atoms with Gasteiger partial charge in [-0.25, -0.2) is 0 Å². The average Bonchev–Trinajstić information content (AvgIpc) is 1.62. The second-order valence-corrected chi connectivity index (χ2v) is 2.22. The largest absolute Gasteiger partial charge is 0.435 e. The highest BCUT2D eigenvalue weighted by atomic mass is 35.5. The van der Waals surface area contributed by atoms with Gasteiger partial charge in [0.15, 0.2) is 0 Å². The molecule has 0 aliphatic rings. The molecule has 0 atom stereocenters. The third-order valence-electron chi connectivity index (χ3n) is 0.249. The molecular formula is C7H12Cl2O2. The maximum absolute atomic E-state index is 9.75. The first-order valence-electron chi connectivity index (χ1n) is 2.28. The molecule has 66 valence electrons. The lowest BCUT2D eigenvalue weighted by Gasteiger charge is -1.83. The molecule has 0 aliphatic heterocycles. The molecule has 0 fully saturated rings. The number of hydrogen-bond donors (Lipinski definition) is 0. The molecule has 0 aliphatic carbocycles. The van der Waals surface area contributed by atoms with Crippen LogP contribution in [0.5, 0.6) is 0 Å². The first kappa shape index (κ1) is 16.9. The van der Waals surface area contributed by atoms with Gasteiger partial charge in [0.1, 0.15) is 0 Å². The van der Waals surface area contributed by atoms with E-state index in [-0.39, 0.29) is 17.9 Å². The van der Waals surface area contributed by atoms with Gasteiger partial charge in [-0.1, -0.05) is 43.8 Å². The van der Waals surface area contributed by atoms with Gasteiger partial charge in [-0.05, 0) is 0 Å². The van der Waals surface area contributed by atoms with Crippen molar-refractivity contribution < 1.29 is 9.53 Å². The van der Waals surface area contributed by atoms with E-state index >= 15 is 0 Å². The van der Waals surface area contributed by atoms with E-state index in [1.807, 2.05) is 0 Å². The van der Waals surface area contributed by atoms with E-state index in [1.165, 1.54) is 6.92 Å². The third-order valence-corrected chi connectivity index (χ3v) is 0.249. The molecule has 0 amide bonds. The minimum Gasteiger partial charge on any atom is -0.435 e. The molecule has 0 aromatic carbocycles. The zero-order chi connectivity index (χ0) is 8.57. The molecule has 0 saturated carbocycles. The van der Waals surface area contributed by atoms with Crippen LogP contribution in [0.2, 0.25) is 0 Å². The molecule has 0 bridgehead atoms. The number of esters is 1. The van der Waals surface area contributed by atoms with Crippen molar-refractivity contribution >= 4 is 29.2 Å². The number of halogens is 2. The van der Waals surface area contributed by atoms with E-state index in [0.29, 0.717) is 0 Å². The molecule has 0 aromatic heterocycles. The van der Waals surface area contributed by atoms with Gasteiger partial charge in [-0.15, -0.1) is 0 Å². The van der Waals surface area contributed by atoms with Crippen molar-refractivity contribution in [2.75, 3.05) is 0 Å². The molecule has 0 spiro atoms. The highest BCUT2D eigenvalue weighted by molar-refractivity contribution is 6.55. The molecule has 0 aromatic rings. The van der Waals surface area contributed by atoms with Crippen LogP contribution in [0.1, 0.15) is 14.4 Å². The third kappa shape index (κ3) is 84.4. The van der Waals surface area contributed by atoms with Crippen molar-refractivity contribution in [1.29, 1.82) is 0 Å². The molecule has 0 heterocycles. The van der Waals surface area contributed by atoms with Crippen LogP contribution >= 0.6 is 23.2 Å². The zero-order valence-electron chi connectivity index (χ0n) is 5.56. The van der Waals surface area contributed by atoms with Crippen molar-refractivity contribution in [2.24, 2.45) is 0 Å². The van der Waals surface area contributed by atoms with E-state index in [1.54, 1.807) is 0 Å². The maximum Gasteiger partial charge on any atom is 0.307 e. The van der Waals surface area contributed by atoms with Gasteiger partial charge < -0.3 is 4.74 Å². The Morgan fingerprint density at radius 1 is 1.55 bits per heavy atom. The predicted octanol–water partition coefficient (Wildman–Crippen LogP) is 3.26. The Hall–Kier alpha value is -0.470. The lowest BCUT2D eigenvalue weighted by Crippen LogP contribution is -1.87. The molecule has 2 nitrogen and oxygen atoms in total. The fourth-order valence-corrected chi connectivity index (χ4v) is 0.117. The van der Waals surface area contributed by atoms with Crippen LogP contribution in [0.3, 0.4) is 0 Å². The summed E-state index contributed by atoms with van der Waals surface area (Å²) in [6.45, 7) is 7.57. The highest BCUT2D eigenvalue weighted by Gasteiger charge is 1.79. The van der Waals surface area contributed by atoms with Crippen LogP contribution in [0.4, 0.5) is 0 Å². The molecule has 11 heavy (non-hydrogen) atoms. The minimum atomic E-state index is -0.329. The monoisotopic (exact) mass is 198 g/mol. The van der Waals surface area contributed by atoms with Crippen molar-refractivity contribution in [3.8, 4) is 0 Å². The normalized spacial score (nSPS) is 6.09. The number of rotatable bonds is 1. The van der Waals surface area contributed by atoms with Gasteiger partial charge in [0.25, 0.3) is 0 Å². The van der Waals surface area contributed by atoms with Crippen molar-refractivity contribution in [1.82, 2.24) is 0 Å². The Kier molecular flexibility index (Phi) is 18.8. The fourth-order valence-electron chi connectivity index (χ4n) is 0.117. The standard InChI is InChI=1S/C4H6O2.C2H2Cl2.CH4/c1-3-6-4(2)5;1-2(3)4;/h3H,1H2,2H3;1H2;1H4. The zero-order valence-corrected chi connectivity index (χ0v) is 7.08. The van der Waals surface area contributed by atoms with Crippen LogP contribution in [-0.2, 0) is 9.53 Å². The topological polar surface area (TPSA) is 26.3 Å². The first-order chi connectivity index (χ1) is 4.50. The molecule has 0 radical (unpaired) electrons. The number of hydrogen-bond acceptors (Lipinski definition) is 2. The molecule has 0 unspecified atom stereocenters. The van der Waals surface area contributed by atoms with E-state index in [9.17, 15) is 4.79 Å². The molecular weight excluding hydrogens is 187 g/mol. The van der Waals surface area contributed by atoms with Crippen molar-refractivity contribution in [3.63, 3.8) is 0 Å². The quantitative estimate of drug-likeness (QED) is 0.478. The Morgan fingerprint density at radius 3 is 1.82 bits per heavy atom. The van der Waals surface area contributed by atoms with Crippen LogP contribution in [0, 0.1) is 0 Å². The van der Waals surface area contributed by atoms with E-state index in [4.69, 9.17) is 23.2 Å². The minimum absolute atomic E-state index is 0. The summed E-state index contributed by atoms with van der Waals surface area (Å²) < 4.78 is 4.28. The first-order valence-corrected chi connectivity index (χ1v) is 3.04. The van der Waals surface area contributed by atoms with Gasteiger partial charge >= 0.3 is 5.97 Å². The predicted molar refractivity (Wildman–Crippen MR) is 49.5 cm³/mol. The maximum atomic E-state index is 9.75. The lowest BCUT2D eigenvalue weighted by atomic mass is 10.8. The summed E-state index contributed by atoms with van der Waals surface area (Å²) in [7, 11) is 0. The van der Waals surface area contributed by atoms with E-state index in [2.05, 4.69) is 17.9 Å². The summed E-state index contributed by atoms with van der Waals surface area (Å²) in [5.74, 6) is -0.329. The van der Waals surface area contributed by atoms with Crippen LogP contribution in [-0.4, -0.2) is 5.97 Å². The second kappa shape index (κ2) is 12.2. The summed E-state index contributed by atoms with van der Waals surface area (Å²) in [5.41, 5.74) is 0. The fraction of sp³-hybridized carbons (Fsp3) is 0.286. The lowest BCUT2D eigenvalue weighted by molar-refractivity contribution is -0.135. The molecule has 0 rings (SSSR count). The van der Waals surface area contributed by atoms with Crippen LogP contribution in [0.25, 0.3) is 0 Å². The van der Waals surface area contributed by atoms with Gasteiger partial charge in [-0.2, -0.15) is 0 Å². The van der Waals surface area contributed by atoms with Gasteiger partial charge in [-0.3, -0.25) is 4.79 Å². The van der Waals surface area contributed by atoms with Gasteiger partial charge in [0, 0.05) is 6.92 Å². The summed E-state index contributed by atoms with van der Waals surface area (Å²) in [5, 5.41) is 0. The molecule has 4 heteroatoms. The smallest absolute Gasteiger partial charge is 0.307 e. The van der Waals surface area contributed by atoms with Crippen molar-refractivity contribution in [3.05, 3.63) is 23.9 Å². The summed E-state index contributed by atoms with van der Waals surface area (Å²) in [4.78, 5) is 9.75. The number of carbonyl (C=O) groups excluding carboxylic acids is 1. The highest BCUT2D eigenvalue weighted by Crippen LogP contribution is 1.98. The Labute approximate surface area is 77.4 Å². The van der Waals surface area contributed by atoms with Crippen LogP contribution < -0.4 is 0 Å². The van der Waals surface area contributed by atoms with E-state index < -0.39 is 0 Å². The Bertz CT molecular complexity index is 128. The molecule has 0 saturated heterocycles. The average molecular weight is 199 g/mol. The number of carbonyl (C=O) groups is 1. The van der Waals surface area contributed by atoms with Crippen molar-refractivity contribution in [2.45, 2.75) is 14.4 Å². The van der Waals surface area contributed by atoms with Gasteiger partial charge in [0.2, 0.25) is 0 Å². The summed E-state index contributed by atoms with van der Waals surface area (Å²) >= 11 is 9.69.